The lowest BCUT2D eigenvalue weighted by Gasteiger charge is -2.16. The molecule has 0 aliphatic carbocycles. The van der Waals surface area contributed by atoms with Crippen LogP contribution in [0.1, 0.15) is 47.9 Å². The Morgan fingerprint density at radius 1 is 1.11 bits per heavy atom. The summed E-state index contributed by atoms with van der Waals surface area (Å²) in [4.78, 5) is 48.8. The number of benzene rings is 1. The molecule has 0 radical (unpaired) electrons. The minimum atomic E-state index is -0.729. The summed E-state index contributed by atoms with van der Waals surface area (Å²) in [5.74, 6) is -1.42. The highest BCUT2D eigenvalue weighted by Gasteiger charge is 2.21. The molecule has 3 aromatic heterocycles. The lowest BCUT2D eigenvalue weighted by molar-refractivity contribution is 0.0523. The third-order valence-electron chi connectivity index (χ3n) is 5.63. The zero-order valence-corrected chi connectivity index (χ0v) is 22.6. The number of carbonyl (C=O) groups excluding carboxylic acids is 2. The van der Waals surface area contributed by atoms with Gasteiger partial charge in [0.25, 0.3) is 11.5 Å². The second-order valence-corrected chi connectivity index (χ2v) is 9.49. The number of hydrogen-bond acceptors (Lipinski definition) is 6. The molecule has 3 heterocycles. The standard InChI is InChI=1S/C27H26Cl2N4O5/c1-4-37-27(36)20-15-19-23(30-22-8-5-6-11-32(22)26(19)35)33(12-7-13-38-16(2)3)24(20)31-25(34)18-10-9-17(28)14-21(18)29/h5-6,8-11,14-16H,4,7,12-13H2,1-3H3. The van der Waals surface area contributed by atoms with Gasteiger partial charge < -0.3 is 14.0 Å². The highest BCUT2D eigenvalue weighted by molar-refractivity contribution is 6.36. The average molecular weight is 557 g/mol. The van der Waals surface area contributed by atoms with E-state index in [4.69, 9.17) is 32.7 Å². The maximum Gasteiger partial charge on any atom is 0.341 e. The molecule has 1 aromatic carbocycles. The molecular weight excluding hydrogens is 531 g/mol. The summed E-state index contributed by atoms with van der Waals surface area (Å²) in [6, 6.07) is 11.0. The number of rotatable bonds is 8. The predicted molar refractivity (Wildman–Crippen MR) is 145 cm³/mol. The summed E-state index contributed by atoms with van der Waals surface area (Å²) < 4.78 is 13.9. The van der Waals surface area contributed by atoms with Crippen LogP contribution in [0.25, 0.3) is 16.7 Å². The fourth-order valence-corrected chi connectivity index (χ4v) is 4.42. The van der Waals surface area contributed by atoms with Crippen molar-refractivity contribution in [3.8, 4) is 0 Å². The number of aromatic nitrogens is 3. The van der Waals surface area contributed by atoms with E-state index in [9.17, 15) is 14.4 Å². The van der Waals surface area contributed by atoms with Crippen molar-refractivity contribution in [3.63, 3.8) is 0 Å². The van der Waals surface area contributed by atoms with E-state index in [-0.39, 0.29) is 57.5 Å². The summed E-state index contributed by atoms with van der Waals surface area (Å²) in [6.07, 6.45) is 2.12. The van der Waals surface area contributed by atoms with Gasteiger partial charge in [-0.1, -0.05) is 29.3 Å². The highest BCUT2D eigenvalue weighted by Crippen LogP contribution is 2.22. The molecule has 0 aliphatic rings. The molecule has 11 heteroatoms. The first kappa shape index (κ1) is 27.5. The van der Waals surface area contributed by atoms with Crippen molar-refractivity contribution in [3.05, 3.63) is 85.7 Å². The quantitative estimate of drug-likeness (QED) is 0.177. The first-order valence-corrected chi connectivity index (χ1v) is 12.8. The smallest absolute Gasteiger partial charge is 0.341 e. The summed E-state index contributed by atoms with van der Waals surface area (Å²) >= 11 is 12.2. The van der Waals surface area contributed by atoms with Gasteiger partial charge in [0.15, 0.2) is 5.49 Å². The van der Waals surface area contributed by atoms with Crippen molar-refractivity contribution < 1.29 is 19.1 Å². The molecule has 0 aliphatic heterocycles. The summed E-state index contributed by atoms with van der Waals surface area (Å²) in [5, 5.41) is 0.655. The Bertz CT molecular complexity index is 1660. The Morgan fingerprint density at radius 2 is 1.89 bits per heavy atom. The Morgan fingerprint density at radius 3 is 2.61 bits per heavy atom. The van der Waals surface area contributed by atoms with Gasteiger partial charge in [-0.15, -0.1) is 0 Å². The summed E-state index contributed by atoms with van der Waals surface area (Å²) in [7, 11) is 0. The molecule has 1 amide bonds. The first-order chi connectivity index (χ1) is 18.2. The van der Waals surface area contributed by atoms with Crippen molar-refractivity contribution >= 4 is 51.8 Å². The number of hydrogen-bond donors (Lipinski definition) is 0. The third kappa shape index (κ3) is 5.80. The monoisotopic (exact) mass is 556 g/mol. The number of ether oxygens (including phenoxy) is 2. The third-order valence-corrected chi connectivity index (χ3v) is 6.18. The highest BCUT2D eigenvalue weighted by atomic mass is 35.5. The van der Waals surface area contributed by atoms with E-state index in [0.717, 1.165) is 0 Å². The molecule has 0 N–H and O–H groups in total. The van der Waals surface area contributed by atoms with E-state index in [0.29, 0.717) is 23.7 Å². The SMILES string of the molecule is CCOC(=O)c1cc2c(=O)n3ccccc3nc2n(CCCOC(C)C)c1=NC(=O)c1ccc(Cl)cc1Cl. The lowest BCUT2D eigenvalue weighted by atomic mass is 10.2. The van der Waals surface area contributed by atoms with E-state index >= 15 is 0 Å². The predicted octanol–water partition coefficient (Wildman–Crippen LogP) is 4.69. The van der Waals surface area contributed by atoms with Crippen LogP contribution in [-0.4, -0.2) is 45.1 Å². The van der Waals surface area contributed by atoms with Crippen LogP contribution < -0.4 is 11.0 Å². The molecule has 0 saturated carbocycles. The Balaban J connectivity index is 2.04. The van der Waals surface area contributed by atoms with Gasteiger partial charge in [0.2, 0.25) is 0 Å². The van der Waals surface area contributed by atoms with Crippen LogP contribution in [0.5, 0.6) is 0 Å². The average Bonchev–Trinajstić information content (AvgIpc) is 2.87. The fourth-order valence-electron chi connectivity index (χ4n) is 3.93. The number of carbonyl (C=O) groups is 2. The molecule has 0 fully saturated rings. The Kier molecular flexibility index (Phi) is 8.61. The van der Waals surface area contributed by atoms with Crippen molar-refractivity contribution in [1.82, 2.24) is 14.0 Å². The zero-order valence-electron chi connectivity index (χ0n) is 21.1. The van der Waals surface area contributed by atoms with Gasteiger partial charge >= 0.3 is 5.97 Å². The van der Waals surface area contributed by atoms with Crippen LogP contribution in [0.3, 0.4) is 0 Å². The number of amides is 1. The molecule has 0 saturated heterocycles. The van der Waals surface area contributed by atoms with Crippen molar-refractivity contribution in [2.75, 3.05) is 13.2 Å². The van der Waals surface area contributed by atoms with Crippen molar-refractivity contribution in [1.29, 1.82) is 0 Å². The summed E-state index contributed by atoms with van der Waals surface area (Å²) in [5.41, 5.74) is 0.363. The number of fused-ring (bicyclic) bond motifs is 2. The molecule has 38 heavy (non-hydrogen) atoms. The molecule has 198 valence electrons. The van der Waals surface area contributed by atoms with Crippen LogP contribution in [0.15, 0.2) is 58.4 Å². The van der Waals surface area contributed by atoms with E-state index < -0.39 is 11.9 Å². The van der Waals surface area contributed by atoms with Gasteiger partial charge in [0, 0.05) is 24.4 Å². The molecular formula is C27H26Cl2N4O5. The normalized spacial score (nSPS) is 12.0. The van der Waals surface area contributed by atoms with Gasteiger partial charge in [-0.2, -0.15) is 4.99 Å². The van der Waals surface area contributed by atoms with E-state index in [1.54, 1.807) is 35.9 Å². The van der Waals surface area contributed by atoms with Crippen LogP contribution in [0, 0.1) is 0 Å². The minimum Gasteiger partial charge on any atom is -0.462 e. The van der Waals surface area contributed by atoms with Gasteiger partial charge in [0.1, 0.15) is 16.9 Å². The largest absolute Gasteiger partial charge is 0.462 e. The topological polar surface area (TPSA) is 104 Å². The second kappa shape index (κ2) is 11.9. The number of esters is 1. The van der Waals surface area contributed by atoms with Crippen LogP contribution in [0.2, 0.25) is 10.0 Å². The van der Waals surface area contributed by atoms with Gasteiger partial charge in [-0.25, -0.2) is 9.78 Å². The lowest BCUT2D eigenvalue weighted by Crippen LogP contribution is -2.33. The fraction of sp³-hybridized carbons (Fsp3) is 0.296. The van der Waals surface area contributed by atoms with E-state index in [1.807, 2.05) is 13.8 Å². The molecule has 0 atom stereocenters. The maximum absolute atomic E-state index is 13.4. The molecule has 4 aromatic rings. The van der Waals surface area contributed by atoms with E-state index in [1.165, 1.54) is 28.7 Å². The van der Waals surface area contributed by atoms with Gasteiger partial charge in [-0.05, 0) is 63.6 Å². The first-order valence-electron chi connectivity index (χ1n) is 12.1. The maximum atomic E-state index is 13.4. The Hall–Kier alpha value is -3.53. The Labute approximate surface area is 228 Å². The number of halogens is 2. The van der Waals surface area contributed by atoms with Crippen molar-refractivity contribution in [2.45, 2.75) is 39.8 Å². The number of aryl methyl sites for hydroxylation is 1. The molecule has 0 unspecified atom stereocenters. The molecule has 0 bridgehead atoms. The van der Waals surface area contributed by atoms with Crippen LogP contribution in [0.4, 0.5) is 0 Å². The molecule has 9 nitrogen and oxygen atoms in total. The van der Waals surface area contributed by atoms with Gasteiger partial charge in [-0.3, -0.25) is 14.0 Å². The second-order valence-electron chi connectivity index (χ2n) is 8.65. The summed E-state index contributed by atoms with van der Waals surface area (Å²) in [6.45, 7) is 6.26. The van der Waals surface area contributed by atoms with Crippen LogP contribution >= 0.6 is 23.2 Å². The molecule has 0 spiro atoms. The number of pyridine rings is 2. The van der Waals surface area contributed by atoms with E-state index in [2.05, 4.69) is 9.98 Å². The van der Waals surface area contributed by atoms with Crippen molar-refractivity contribution in [2.24, 2.45) is 4.99 Å². The van der Waals surface area contributed by atoms with Crippen LogP contribution in [-0.2, 0) is 16.0 Å². The zero-order chi connectivity index (χ0) is 27.4. The minimum absolute atomic E-state index is 0.00342. The number of nitrogens with zero attached hydrogens (tertiary/aromatic N) is 4. The molecule has 4 rings (SSSR count). The van der Waals surface area contributed by atoms with Gasteiger partial charge in [0.05, 0.1) is 28.7 Å².